The minimum Gasteiger partial charge on any atom is -1.00 e. The largest absolute Gasteiger partial charge is 2.00 e. The molecule has 0 saturated carbocycles. The summed E-state index contributed by atoms with van der Waals surface area (Å²) >= 11 is 0. The van der Waals surface area contributed by atoms with E-state index in [0.717, 1.165) is 25.7 Å². The van der Waals surface area contributed by atoms with Gasteiger partial charge >= 0.3 is 46.9 Å². The molecule has 0 radical (unpaired) electrons. The van der Waals surface area contributed by atoms with Crippen LogP contribution in [-0.4, -0.2) is 53.0 Å². The van der Waals surface area contributed by atoms with Crippen LogP contribution in [0.3, 0.4) is 0 Å². The third kappa shape index (κ3) is 26.4. The van der Waals surface area contributed by atoms with Gasteiger partial charge in [0.15, 0.2) is 0 Å². The summed E-state index contributed by atoms with van der Waals surface area (Å²) < 4.78 is 9.58. The van der Waals surface area contributed by atoms with Crippen LogP contribution in [0, 0.1) is 0 Å². The van der Waals surface area contributed by atoms with Gasteiger partial charge in [-0.15, -0.1) is 0 Å². The van der Waals surface area contributed by atoms with E-state index in [9.17, 15) is 19.2 Å². The number of hydrogen-bond acceptors (Lipinski definition) is 7. The number of carbonyl (C=O) groups excluding carboxylic acids is 4. The van der Waals surface area contributed by atoms with Crippen LogP contribution in [0.1, 0.15) is 158 Å². The summed E-state index contributed by atoms with van der Waals surface area (Å²) in [4.78, 5) is 47.4. The smallest absolute Gasteiger partial charge is 1.00 e. The first-order valence-corrected chi connectivity index (χ1v) is 14.6. The van der Waals surface area contributed by atoms with E-state index in [-0.39, 0.29) is 51.6 Å². The molecule has 0 rings (SSSR count). The monoisotopic (exact) mass is 537 g/mol. The van der Waals surface area contributed by atoms with Crippen LogP contribution in [0.15, 0.2) is 0 Å². The van der Waals surface area contributed by atoms with Gasteiger partial charge in [-0.3, -0.25) is 14.4 Å². The zero-order valence-electron chi connectivity index (χ0n) is 25.9. The molecule has 37 heavy (non-hydrogen) atoms. The quantitative estimate of drug-likeness (QED) is 0.0615. The Morgan fingerprint density at radius 2 is 0.865 bits per heavy atom. The third-order valence-electron chi connectivity index (χ3n) is 6.37. The first kappa shape index (κ1) is 38.2. The predicted molar refractivity (Wildman–Crippen MR) is 151 cm³/mol. The minimum atomic E-state index is -1.10. The number of carbonyl (C=O) groups is 4. The van der Waals surface area contributed by atoms with Gasteiger partial charge in [0.1, 0.15) is 6.04 Å². The Morgan fingerprint density at radius 1 is 0.541 bits per heavy atom. The van der Waals surface area contributed by atoms with Crippen molar-refractivity contribution in [2.45, 2.75) is 161 Å². The van der Waals surface area contributed by atoms with Gasteiger partial charge in [0.2, 0.25) is 0 Å². The molecule has 0 bridgehead atoms. The molecule has 0 heterocycles. The zero-order chi connectivity index (χ0) is 26.9. The zero-order valence-corrected chi connectivity index (χ0v) is 25.3. The Bertz CT molecular complexity index is 610. The Kier molecular flexibility index (Phi) is 28.9. The SMILES string of the molecule is CCCCCCCCCCCC(=O)OC(=O)CCC(N)C(=O)OC(=O)CCCCCCCCCCC.[H-].[H-].[Mg+2]. The number of unbranched alkanes of at least 4 members (excludes halogenated alkanes) is 16. The van der Waals surface area contributed by atoms with Crippen molar-refractivity contribution in [3.63, 3.8) is 0 Å². The first-order chi connectivity index (χ1) is 17.4. The number of hydrogen-bond donors (Lipinski definition) is 1. The van der Waals surface area contributed by atoms with E-state index in [0.29, 0.717) is 12.8 Å². The first-order valence-electron chi connectivity index (χ1n) is 14.6. The molecule has 0 fully saturated rings. The van der Waals surface area contributed by atoms with Crippen LogP contribution < -0.4 is 5.73 Å². The fourth-order valence-electron chi connectivity index (χ4n) is 4.02. The van der Waals surface area contributed by atoms with Gasteiger partial charge in [-0.05, 0) is 19.3 Å². The van der Waals surface area contributed by atoms with E-state index < -0.39 is 29.9 Å². The average Bonchev–Trinajstić information content (AvgIpc) is 2.85. The Balaban J connectivity index is -0.00000204. The van der Waals surface area contributed by atoms with Crippen LogP contribution in [0.5, 0.6) is 0 Å². The molecule has 0 aromatic heterocycles. The van der Waals surface area contributed by atoms with Crippen LogP contribution in [0.2, 0.25) is 0 Å². The number of ether oxygens (including phenoxy) is 2. The Morgan fingerprint density at radius 3 is 1.27 bits per heavy atom. The van der Waals surface area contributed by atoms with Crippen molar-refractivity contribution in [2.75, 3.05) is 0 Å². The van der Waals surface area contributed by atoms with Gasteiger partial charge in [0, 0.05) is 19.3 Å². The Labute approximate surface area is 244 Å². The van der Waals surface area contributed by atoms with Gasteiger partial charge in [-0.2, -0.15) is 0 Å². The molecule has 8 heteroatoms. The molecule has 0 amide bonds. The average molecular weight is 538 g/mol. The molecule has 7 nitrogen and oxygen atoms in total. The van der Waals surface area contributed by atoms with Crippen molar-refractivity contribution >= 4 is 46.9 Å². The van der Waals surface area contributed by atoms with E-state index in [1.807, 2.05) is 0 Å². The van der Waals surface area contributed by atoms with Crippen molar-refractivity contribution in [3.05, 3.63) is 0 Å². The molecule has 2 N–H and O–H groups in total. The maximum absolute atomic E-state index is 12.0. The molecule has 0 saturated heterocycles. The maximum Gasteiger partial charge on any atom is 2.00 e. The second kappa shape index (κ2) is 28.0. The standard InChI is InChI=1S/C29H53NO6.Mg.2H/c1-3-5-7-9-11-13-15-17-19-21-26(31)35-28(33)24-23-25(30)29(34)36-27(32)22-20-18-16-14-12-10-8-6-4-2;;;/h25H,3-24,30H2,1-2H3;;;/q;+2;2*-1. The molecule has 0 aliphatic carbocycles. The van der Waals surface area contributed by atoms with Gasteiger partial charge < -0.3 is 18.1 Å². The molecule has 0 spiro atoms. The second-order valence-electron chi connectivity index (χ2n) is 9.94. The van der Waals surface area contributed by atoms with Gasteiger partial charge in [-0.1, -0.05) is 117 Å². The van der Waals surface area contributed by atoms with E-state index in [1.165, 1.54) is 77.0 Å². The van der Waals surface area contributed by atoms with E-state index in [2.05, 4.69) is 13.8 Å². The summed E-state index contributed by atoms with van der Waals surface area (Å²) in [5, 5.41) is 0. The molecule has 0 aromatic carbocycles. The second-order valence-corrected chi connectivity index (χ2v) is 9.94. The summed E-state index contributed by atoms with van der Waals surface area (Å²) in [6, 6.07) is -1.10. The van der Waals surface area contributed by atoms with E-state index in [4.69, 9.17) is 15.2 Å². The summed E-state index contributed by atoms with van der Waals surface area (Å²) in [6.07, 6.45) is 20.6. The predicted octanol–water partition coefficient (Wildman–Crippen LogP) is 6.92. The molecule has 1 unspecified atom stereocenters. The molecular formula is C29H55MgNO6. The van der Waals surface area contributed by atoms with Crippen molar-refractivity contribution in [1.82, 2.24) is 0 Å². The van der Waals surface area contributed by atoms with Gasteiger partial charge in [0.05, 0.1) is 0 Å². The van der Waals surface area contributed by atoms with Crippen LogP contribution in [-0.2, 0) is 28.7 Å². The minimum absolute atomic E-state index is 0. The van der Waals surface area contributed by atoms with Crippen molar-refractivity contribution in [1.29, 1.82) is 0 Å². The number of esters is 4. The topological polar surface area (TPSA) is 113 Å². The maximum atomic E-state index is 12.0. The molecule has 0 aromatic rings. The van der Waals surface area contributed by atoms with Gasteiger partial charge in [-0.25, -0.2) is 4.79 Å². The van der Waals surface area contributed by atoms with E-state index >= 15 is 0 Å². The third-order valence-corrected chi connectivity index (χ3v) is 6.37. The molecule has 214 valence electrons. The van der Waals surface area contributed by atoms with Crippen molar-refractivity contribution in [2.24, 2.45) is 5.73 Å². The molecule has 0 aliphatic rings. The normalized spacial score (nSPS) is 11.4. The van der Waals surface area contributed by atoms with Crippen LogP contribution in [0.25, 0.3) is 0 Å². The van der Waals surface area contributed by atoms with Crippen LogP contribution in [0.4, 0.5) is 0 Å². The van der Waals surface area contributed by atoms with Crippen molar-refractivity contribution < 1.29 is 31.5 Å². The molecule has 0 aliphatic heterocycles. The summed E-state index contributed by atoms with van der Waals surface area (Å²) in [5.74, 6) is -2.68. The molecule has 1 atom stereocenters. The fraction of sp³-hybridized carbons (Fsp3) is 0.862. The fourth-order valence-corrected chi connectivity index (χ4v) is 4.02. The molecular weight excluding hydrogens is 483 g/mol. The number of rotatable bonds is 24. The van der Waals surface area contributed by atoms with Gasteiger partial charge in [0.25, 0.3) is 0 Å². The Hall–Kier alpha value is -0.994. The summed E-state index contributed by atoms with van der Waals surface area (Å²) in [5.41, 5.74) is 5.73. The summed E-state index contributed by atoms with van der Waals surface area (Å²) in [6.45, 7) is 4.40. The number of nitrogens with two attached hydrogens (primary N) is 1. The van der Waals surface area contributed by atoms with Crippen LogP contribution >= 0.6 is 0 Å². The summed E-state index contributed by atoms with van der Waals surface area (Å²) in [7, 11) is 0. The van der Waals surface area contributed by atoms with Crippen molar-refractivity contribution in [3.8, 4) is 0 Å². The van der Waals surface area contributed by atoms with E-state index in [1.54, 1.807) is 0 Å².